The van der Waals surface area contributed by atoms with Crippen molar-refractivity contribution in [2.45, 2.75) is 64.7 Å². The second-order valence-electron chi connectivity index (χ2n) is 5.43. The van der Waals surface area contributed by atoms with Gasteiger partial charge in [0.2, 0.25) is 0 Å². The first-order valence-electron chi connectivity index (χ1n) is 7.96. The maximum absolute atomic E-state index is 11.9. The highest BCUT2D eigenvalue weighted by molar-refractivity contribution is 9.09. The lowest BCUT2D eigenvalue weighted by atomic mass is 10.0. The number of rotatable bonds is 11. The quantitative estimate of drug-likeness (QED) is 0.277. The zero-order chi connectivity index (χ0) is 14.6. The molecule has 0 bridgehead atoms. The van der Waals surface area contributed by atoms with Crippen LogP contribution in [0.5, 0.6) is 0 Å². The van der Waals surface area contributed by atoms with Gasteiger partial charge in [0.25, 0.3) is 0 Å². The van der Waals surface area contributed by atoms with Crippen LogP contribution < -0.4 is 0 Å². The number of hydrogen-bond acceptors (Lipinski definition) is 1. The second-order valence-corrected chi connectivity index (χ2v) is 6.22. The highest BCUT2D eigenvalue weighted by Gasteiger charge is 2.05. The van der Waals surface area contributed by atoms with Crippen LogP contribution in [0, 0.1) is 0 Å². The van der Waals surface area contributed by atoms with Gasteiger partial charge in [-0.1, -0.05) is 72.8 Å². The minimum Gasteiger partial charge on any atom is -0.294 e. The van der Waals surface area contributed by atoms with Crippen LogP contribution in [0.3, 0.4) is 0 Å². The number of ketones is 1. The number of alkyl halides is 1. The standard InChI is InChI=1S/C18H27BrO/c1-2-3-4-5-6-9-16-11-13-17(14-12-16)18(20)10-7-8-15-19/h11-14H,2-10,15H2,1H3. The van der Waals surface area contributed by atoms with Gasteiger partial charge in [0, 0.05) is 17.3 Å². The van der Waals surface area contributed by atoms with Crippen molar-refractivity contribution in [3.8, 4) is 0 Å². The first kappa shape index (κ1) is 17.4. The molecule has 0 amide bonds. The van der Waals surface area contributed by atoms with Gasteiger partial charge >= 0.3 is 0 Å². The van der Waals surface area contributed by atoms with E-state index in [4.69, 9.17) is 0 Å². The normalized spacial score (nSPS) is 10.7. The summed E-state index contributed by atoms with van der Waals surface area (Å²) in [5, 5.41) is 0.983. The summed E-state index contributed by atoms with van der Waals surface area (Å²) in [5.74, 6) is 0.278. The second kappa shape index (κ2) is 11.1. The topological polar surface area (TPSA) is 17.1 Å². The van der Waals surface area contributed by atoms with Gasteiger partial charge in [-0.3, -0.25) is 4.79 Å². The Labute approximate surface area is 132 Å². The Morgan fingerprint density at radius 1 is 0.950 bits per heavy atom. The van der Waals surface area contributed by atoms with Gasteiger partial charge in [-0.25, -0.2) is 0 Å². The first-order valence-corrected chi connectivity index (χ1v) is 9.08. The summed E-state index contributed by atoms with van der Waals surface area (Å²) in [4.78, 5) is 11.9. The Morgan fingerprint density at radius 3 is 2.30 bits per heavy atom. The maximum Gasteiger partial charge on any atom is 0.162 e. The highest BCUT2D eigenvalue weighted by Crippen LogP contribution is 2.13. The molecule has 0 atom stereocenters. The average molecular weight is 339 g/mol. The minimum atomic E-state index is 0.278. The lowest BCUT2D eigenvalue weighted by Crippen LogP contribution is -1.99. The first-order chi connectivity index (χ1) is 9.77. The van der Waals surface area contributed by atoms with Gasteiger partial charge in [0.15, 0.2) is 5.78 Å². The molecule has 1 aromatic carbocycles. The van der Waals surface area contributed by atoms with Crippen LogP contribution in [0.2, 0.25) is 0 Å². The largest absolute Gasteiger partial charge is 0.294 e. The molecule has 0 saturated carbocycles. The molecular weight excluding hydrogens is 312 g/mol. The molecule has 0 unspecified atom stereocenters. The molecule has 0 N–H and O–H groups in total. The predicted molar refractivity (Wildman–Crippen MR) is 90.9 cm³/mol. The summed E-state index contributed by atoms with van der Waals surface area (Å²) in [6.45, 7) is 2.24. The summed E-state index contributed by atoms with van der Waals surface area (Å²) >= 11 is 3.39. The number of halogens is 1. The van der Waals surface area contributed by atoms with Crippen LogP contribution in [-0.4, -0.2) is 11.1 Å². The fourth-order valence-corrected chi connectivity index (χ4v) is 2.71. The number of unbranched alkanes of at least 4 members (excludes halogenated alkanes) is 5. The van der Waals surface area contributed by atoms with Gasteiger partial charge in [-0.2, -0.15) is 0 Å². The number of aryl methyl sites for hydroxylation is 1. The van der Waals surface area contributed by atoms with Gasteiger partial charge in [-0.15, -0.1) is 0 Å². The van der Waals surface area contributed by atoms with E-state index < -0.39 is 0 Å². The number of carbonyl (C=O) groups is 1. The van der Waals surface area contributed by atoms with Crippen LogP contribution in [0.25, 0.3) is 0 Å². The summed E-state index contributed by atoms with van der Waals surface area (Å²) in [6, 6.07) is 8.24. The van der Waals surface area contributed by atoms with Gasteiger partial charge < -0.3 is 0 Å². The Morgan fingerprint density at radius 2 is 1.65 bits per heavy atom. The number of benzene rings is 1. The minimum absolute atomic E-state index is 0.278. The molecule has 0 aliphatic heterocycles. The molecule has 0 aliphatic carbocycles. The molecule has 0 fully saturated rings. The van der Waals surface area contributed by atoms with Crippen molar-refractivity contribution in [2.24, 2.45) is 0 Å². The SMILES string of the molecule is CCCCCCCc1ccc(C(=O)CCCCBr)cc1. The molecule has 0 heterocycles. The molecule has 1 aromatic rings. The van der Waals surface area contributed by atoms with Crippen LogP contribution in [0.4, 0.5) is 0 Å². The van der Waals surface area contributed by atoms with Crippen LogP contribution in [-0.2, 0) is 6.42 Å². The Bertz CT molecular complexity index is 370. The molecule has 1 nitrogen and oxygen atoms in total. The Balaban J connectivity index is 2.30. The van der Waals surface area contributed by atoms with E-state index >= 15 is 0 Å². The molecule has 0 spiro atoms. The van der Waals surface area contributed by atoms with E-state index in [0.29, 0.717) is 6.42 Å². The zero-order valence-electron chi connectivity index (χ0n) is 12.7. The van der Waals surface area contributed by atoms with Gasteiger partial charge in [0.1, 0.15) is 0 Å². The molecule has 0 saturated heterocycles. The van der Waals surface area contributed by atoms with Crippen LogP contribution in [0.1, 0.15) is 74.2 Å². The summed E-state index contributed by atoms with van der Waals surface area (Å²) in [6.07, 6.45) is 10.4. The summed E-state index contributed by atoms with van der Waals surface area (Å²) in [7, 11) is 0. The molecule has 112 valence electrons. The van der Waals surface area contributed by atoms with Crippen molar-refractivity contribution >= 4 is 21.7 Å². The van der Waals surface area contributed by atoms with Gasteiger partial charge in [-0.05, 0) is 31.2 Å². The molecule has 0 radical (unpaired) electrons. The van der Waals surface area contributed by atoms with E-state index in [1.165, 1.54) is 37.7 Å². The fraction of sp³-hybridized carbons (Fsp3) is 0.611. The molecular formula is C18H27BrO. The van der Waals surface area contributed by atoms with Crippen LogP contribution >= 0.6 is 15.9 Å². The highest BCUT2D eigenvalue weighted by atomic mass is 79.9. The molecule has 20 heavy (non-hydrogen) atoms. The van der Waals surface area contributed by atoms with E-state index in [0.717, 1.165) is 30.2 Å². The fourth-order valence-electron chi connectivity index (χ4n) is 2.31. The Kier molecular flexibility index (Phi) is 9.65. The molecule has 1 rings (SSSR count). The third-order valence-corrected chi connectivity index (χ3v) is 4.19. The maximum atomic E-state index is 11.9. The molecule has 0 aliphatic rings. The van der Waals surface area contributed by atoms with Crippen LogP contribution in [0.15, 0.2) is 24.3 Å². The summed E-state index contributed by atoms with van der Waals surface area (Å²) < 4.78 is 0. The number of hydrogen-bond donors (Lipinski definition) is 0. The lowest BCUT2D eigenvalue weighted by Gasteiger charge is -2.04. The van der Waals surface area contributed by atoms with Crippen molar-refractivity contribution in [3.05, 3.63) is 35.4 Å². The van der Waals surface area contributed by atoms with E-state index in [2.05, 4.69) is 35.0 Å². The molecule has 0 aromatic heterocycles. The van der Waals surface area contributed by atoms with Crippen molar-refractivity contribution in [3.63, 3.8) is 0 Å². The lowest BCUT2D eigenvalue weighted by molar-refractivity contribution is 0.0980. The van der Waals surface area contributed by atoms with E-state index in [1.807, 2.05) is 12.1 Å². The van der Waals surface area contributed by atoms with E-state index in [1.54, 1.807) is 0 Å². The van der Waals surface area contributed by atoms with E-state index in [9.17, 15) is 4.79 Å². The zero-order valence-corrected chi connectivity index (χ0v) is 14.3. The van der Waals surface area contributed by atoms with Crippen molar-refractivity contribution < 1.29 is 4.79 Å². The predicted octanol–water partition coefficient (Wildman–Crippen LogP) is 5.95. The van der Waals surface area contributed by atoms with Gasteiger partial charge in [0.05, 0.1) is 0 Å². The van der Waals surface area contributed by atoms with Crippen molar-refractivity contribution in [1.82, 2.24) is 0 Å². The Hall–Kier alpha value is -0.630. The third-order valence-electron chi connectivity index (χ3n) is 3.63. The third kappa shape index (κ3) is 7.23. The number of carbonyl (C=O) groups excluding carboxylic acids is 1. The smallest absolute Gasteiger partial charge is 0.162 e. The average Bonchev–Trinajstić information content (AvgIpc) is 2.48. The van der Waals surface area contributed by atoms with E-state index in [-0.39, 0.29) is 5.78 Å². The molecule has 2 heteroatoms. The van der Waals surface area contributed by atoms with Crippen molar-refractivity contribution in [1.29, 1.82) is 0 Å². The number of Topliss-reactive ketones (excluding diaryl/α,β-unsaturated/α-hetero) is 1. The summed E-state index contributed by atoms with van der Waals surface area (Å²) in [5.41, 5.74) is 2.23. The monoisotopic (exact) mass is 338 g/mol. The van der Waals surface area contributed by atoms with Crippen molar-refractivity contribution in [2.75, 3.05) is 5.33 Å².